The summed E-state index contributed by atoms with van der Waals surface area (Å²) in [5.74, 6) is 0.964. The summed E-state index contributed by atoms with van der Waals surface area (Å²) >= 11 is 0. The Kier molecular flexibility index (Phi) is 10.1. The van der Waals surface area contributed by atoms with Crippen molar-refractivity contribution in [2.45, 2.75) is 84.3 Å². The molecule has 1 atom stereocenters. The molecule has 170 valence electrons. The van der Waals surface area contributed by atoms with Gasteiger partial charge in [0.15, 0.2) is 0 Å². The number of esters is 1. The lowest BCUT2D eigenvalue weighted by Gasteiger charge is -2.25. The van der Waals surface area contributed by atoms with E-state index >= 15 is 0 Å². The quantitative estimate of drug-likeness (QED) is 0.404. The molecule has 0 amide bonds. The third-order valence-electron chi connectivity index (χ3n) is 5.30. The van der Waals surface area contributed by atoms with Crippen LogP contribution < -0.4 is 5.32 Å². The van der Waals surface area contributed by atoms with Crippen LogP contribution in [0.4, 0.5) is 5.82 Å². The van der Waals surface area contributed by atoms with Gasteiger partial charge >= 0.3 is 5.97 Å². The Bertz CT molecular complexity index is 658. The van der Waals surface area contributed by atoms with Crippen LogP contribution in [0.25, 0.3) is 0 Å². The highest BCUT2D eigenvalue weighted by Gasteiger charge is 2.17. The zero-order chi connectivity index (χ0) is 22.0. The number of aromatic nitrogens is 1. The van der Waals surface area contributed by atoms with Gasteiger partial charge in [0.05, 0.1) is 6.10 Å². The van der Waals surface area contributed by atoms with Crippen LogP contribution in [-0.4, -0.2) is 60.8 Å². The second-order valence-corrected chi connectivity index (χ2v) is 9.33. The van der Waals surface area contributed by atoms with Crippen molar-refractivity contribution in [3.63, 3.8) is 0 Å². The molecule has 0 fully saturated rings. The first kappa shape index (κ1) is 24.6. The van der Waals surface area contributed by atoms with Crippen molar-refractivity contribution in [1.29, 1.82) is 0 Å². The SMILES string of the molecule is CO[C@H](C)CN(CCCCc1ccc2c(n1)NCCC2)CCCC(=O)OC(C)(C)C. The molecule has 0 saturated heterocycles. The molecular weight excluding hydrogens is 378 g/mol. The van der Waals surface area contributed by atoms with Crippen LogP contribution in [0.5, 0.6) is 0 Å². The van der Waals surface area contributed by atoms with Crippen LogP contribution in [0.15, 0.2) is 12.1 Å². The van der Waals surface area contributed by atoms with E-state index in [1.807, 2.05) is 20.8 Å². The van der Waals surface area contributed by atoms with Crippen molar-refractivity contribution in [3.05, 3.63) is 23.4 Å². The van der Waals surface area contributed by atoms with E-state index in [4.69, 9.17) is 14.5 Å². The zero-order valence-electron chi connectivity index (χ0n) is 19.6. The highest BCUT2D eigenvalue weighted by atomic mass is 16.6. The molecular formula is C24H41N3O3. The van der Waals surface area contributed by atoms with Gasteiger partial charge in [-0.1, -0.05) is 6.07 Å². The predicted octanol–water partition coefficient (Wildman–Crippen LogP) is 4.22. The molecule has 1 aliphatic rings. The third-order valence-corrected chi connectivity index (χ3v) is 5.30. The fourth-order valence-corrected chi connectivity index (χ4v) is 3.72. The Labute approximate surface area is 182 Å². The molecule has 0 radical (unpaired) electrons. The fraction of sp³-hybridized carbons (Fsp3) is 0.750. The molecule has 1 aromatic heterocycles. The molecule has 1 N–H and O–H groups in total. The summed E-state index contributed by atoms with van der Waals surface area (Å²) in [5.41, 5.74) is 2.10. The summed E-state index contributed by atoms with van der Waals surface area (Å²) in [6.07, 6.45) is 6.99. The molecule has 1 aromatic rings. The van der Waals surface area contributed by atoms with Crippen LogP contribution in [0.1, 0.15) is 71.1 Å². The monoisotopic (exact) mass is 419 g/mol. The molecule has 0 spiro atoms. The molecule has 0 bridgehead atoms. The van der Waals surface area contributed by atoms with Crippen molar-refractivity contribution in [3.8, 4) is 0 Å². The minimum atomic E-state index is -0.415. The molecule has 2 rings (SSSR count). The zero-order valence-corrected chi connectivity index (χ0v) is 19.6. The number of fused-ring (bicyclic) bond motifs is 1. The lowest BCUT2D eigenvalue weighted by molar-refractivity contribution is -0.155. The molecule has 0 aromatic carbocycles. The van der Waals surface area contributed by atoms with Crippen molar-refractivity contribution >= 4 is 11.8 Å². The number of hydrogen-bond acceptors (Lipinski definition) is 6. The van der Waals surface area contributed by atoms with Gasteiger partial charge in [0.2, 0.25) is 0 Å². The predicted molar refractivity (Wildman–Crippen MR) is 122 cm³/mol. The standard InChI is InChI=1S/C24H41N3O3/c1-19(29-5)18-27(17-9-12-22(28)30-24(2,3)4)16-7-6-11-21-14-13-20-10-8-15-25-23(20)26-21/h13-14,19H,6-12,15-18H2,1-5H3,(H,25,26)/t19-/m1/s1. The Morgan fingerprint density at radius 1 is 1.23 bits per heavy atom. The summed E-state index contributed by atoms with van der Waals surface area (Å²) in [4.78, 5) is 19.2. The van der Waals surface area contributed by atoms with Crippen LogP contribution >= 0.6 is 0 Å². The Morgan fingerprint density at radius 3 is 2.73 bits per heavy atom. The van der Waals surface area contributed by atoms with E-state index in [2.05, 4.69) is 29.3 Å². The van der Waals surface area contributed by atoms with Crippen molar-refractivity contribution in [2.75, 3.05) is 38.6 Å². The van der Waals surface area contributed by atoms with Crippen LogP contribution in [0.3, 0.4) is 0 Å². The molecule has 30 heavy (non-hydrogen) atoms. The van der Waals surface area contributed by atoms with Crippen LogP contribution in [0.2, 0.25) is 0 Å². The number of nitrogens with one attached hydrogen (secondary N) is 1. The maximum absolute atomic E-state index is 12.0. The van der Waals surface area contributed by atoms with Gasteiger partial charge in [-0.15, -0.1) is 0 Å². The van der Waals surface area contributed by atoms with Crippen LogP contribution in [-0.2, 0) is 27.1 Å². The first-order chi connectivity index (χ1) is 14.3. The van der Waals surface area contributed by atoms with Gasteiger partial charge in [-0.3, -0.25) is 4.79 Å². The van der Waals surface area contributed by atoms with Crippen molar-refractivity contribution < 1.29 is 14.3 Å². The Balaban J connectivity index is 1.73. The number of carbonyl (C=O) groups is 1. The molecule has 1 aliphatic heterocycles. The number of unbranched alkanes of at least 4 members (excludes halogenated alkanes) is 1. The van der Waals surface area contributed by atoms with Gasteiger partial charge in [0.1, 0.15) is 11.4 Å². The number of methoxy groups -OCH3 is 1. The normalized spacial score (nSPS) is 14.9. The van der Waals surface area contributed by atoms with Gasteiger partial charge in [0.25, 0.3) is 0 Å². The number of anilines is 1. The molecule has 6 heteroatoms. The van der Waals surface area contributed by atoms with Crippen molar-refractivity contribution in [2.24, 2.45) is 0 Å². The van der Waals surface area contributed by atoms with Gasteiger partial charge in [0, 0.05) is 32.3 Å². The number of carbonyl (C=O) groups excluding carboxylic acids is 1. The van der Waals surface area contributed by atoms with E-state index in [9.17, 15) is 4.79 Å². The number of nitrogens with zero attached hydrogens (tertiary/aromatic N) is 2. The second kappa shape index (κ2) is 12.3. The van der Waals surface area contributed by atoms with E-state index in [-0.39, 0.29) is 12.1 Å². The number of hydrogen-bond donors (Lipinski definition) is 1. The van der Waals surface area contributed by atoms with Crippen LogP contribution in [0, 0.1) is 0 Å². The van der Waals surface area contributed by atoms with Gasteiger partial charge in [-0.25, -0.2) is 4.98 Å². The summed E-state index contributed by atoms with van der Waals surface area (Å²) in [6.45, 7) is 11.6. The van der Waals surface area contributed by atoms with E-state index in [1.165, 1.54) is 17.7 Å². The fourth-order valence-electron chi connectivity index (χ4n) is 3.72. The van der Waals surface area contributed by atoms with E-state index in [0.717, 1.165) is 64.1 Å². The average molecular weight is 420 g/mol. The van der Waals surface area contributed by atoms with Gasteiger partial charge in [-0.05, 0) is 90.9 Å². The summed E-state index contributed by atoms with van der Waals surface area (Å²) in [7, 11) is 1.75. The first-order valence-corrected chi connectivity index (χ1v) is 11.5. The van der Waals surface area contributed by atoms with Gasteiger partial charge < -0.3 is 19.7 Å². The third kappa shape index (κ3) is 9.43. The Morgan fingerprint density at radius 2 is 2.00 bits per heavy atom. The number of aryl methyl sites for hydroxylation is 2. The molecule has 0 saturated carbocycles. The molecule has 0 aliphatic carbocycles. The summed E-state index contributed by atoms with van der Waals surface area (Å²) in [5, 5.41) is 3.41. The second-order valence-electron chi connectivity index (χ2n) is 9.33. The number of ether oxygens (including phenoxy) is 2. The Hall–Kier alpha value is -1.66. The highest BCUT2D eigenvalue weighted by molar-refractivity contribution is 5.69. The number of rotatable bonds is 12. The average Bonchev–Trinajstić information content (AvgIpc) is 2.69. The number of pyridine rings is 1. The maximum Gasteiger partial charge on any atom is 0.306 e. The topological polar surface area (TPSA) is 63.7 Å². The van der Waals surface area contributed by atoms with Gasteiger partial charge in [-0.2, -0.15) is 0 Å². The minimum Gasteiger partial charge on any atom is -0.460 e. The molecule has 6 nitrogen and oxygen atoms in total. The molecule has 0 unspecified atom stereocenters. The lowest BCUT2D eigenvalue weighted by atomic mass is 10.1. The lowest BCUT2D eigenvalue weighted by Crippen LogP contribution is -2.34. The minimum absolute atomic E-state index is 0.116. The summed E-state index contributed by atoms with van der Waals surface area (Å²) in [6, 6.07) is 4.41. The van der Waals surface area contributed by atoms with E-state index < -0.39 is 5.60 Å². The largest absolute Gasteiger partial charge is 0.460 e. The smallest absolute Gasteiger partial charge is 0.306 e. The first-order valence-electron chi connectivity index (χ1n) is 11.5. The summed E-state index contributed by atoms with van der Waals surface area (Å²) < 4.78 is 10.9. The molecule has 2 heterocycles. The maximum atomic E-state index is 12.0. The van der Waals surface area contributed by atoms with Crippen molar-refractivity contribution in [1.82, 2.24) is 9.88 Å². The van der Waals surface area contributed by atoms with E-state index in [0.29, 0.717) is 6.42 Å². The highest BCUT2D eigenvalue weighted by Crippen LogP contribution is 2.20. The van der Waals surface area contributed by atoms with E-state index in [1.54, 1.807) is 7.11 Å².